The van der Waals surface area contributed by atoms with Crippen molar-refractivity contribution >= 4 is 23.5 Å². The van der Waals surface area contributed by atoms with Crippen molar-refractivity contribution in [2.75, 3.05) is 6.54 Å². The highest BCUT2D eigenvalue weighted by molar-refractivity contribution is 7.97. The summed E-state index contributed by atoms with van der Waals surface area (Å²) < 4.78 is 3.04. The largest absolute Gasteiger partial charge is 0.392 e. The molecule has 0 saturated heterocycles. The number of nitrogens with two attached hydrogens (primary N) is 1. The first-order chi connectivity index (χ1) is 11.0. The Morgan fingerprint density at radius 3 is 2.61 bits per heavy atom. The highest BCUT2D eigenvalue weighted by atomic mass is 32.2. The first-order valence-electron chi connectivity index (χ1n) is 7.38. The number of nitrogens with one attached hydrogen (secondary N) is 1. The van der Waals surface area contributed by atoms with Crippen LogP contribution >= 0.6 is 11.9 Å². The molecule has 1 unspecified atom stereocenters. The number of nitroso groups, excluding NO2 is 1. The van der Waals surface area contributed by atoms with Crippen molar-refractivity contribution in [3.63, 3.8) is 0 Å². The van der Waals surface area contributed by atoms with Gasteiger partial charge in [-0.1, -0.05) is 11.6 Å². The van der Waals surface area contributed by atoms with Gasteiger partial charge < -0.3 is 10.8 Å². The maximum absolute atomic E-state index is 11.5. The minimum absolute atomic E-state index is 0.322. The van der Waals surface area contributed by atoms with Crippen molar-refractivity contribution in [3.8, 4) is 0 Å². The van der Waals surface area contributed by atoms with E-state index in [-0.39, 0.29) is 5.92 Å². The Morgan fingerprint density at radius 2 is 2.09 bits per heavy atom. The number of rotatable bonds is 10. The minimum Gasteiger partial charge on any atom is -0.392 e. The number of aliphatic hydroxyl groups is 1. The van der Waals surface area contributed by atoms with Crippen LogP contribution in [0.4, 0.5) is 5.69 Å². The van der Waals surface area contributed by atoms with Crippen molar-refractivity contribution in [2.45, 2.75) is 37.7 Å². The maximum atomic E-state index is 11.5. The summed E-state index contributed by atoms with van der Waals surface area (Å²) in [6.45, 7) is 4.18. The van der Waals surface area contributed by atoms with Crippen molar-refractivity contribution in [1.82, 2.24) is 4.72 Å². The summed E-state index contributed by atoms with van der Waals surface area (Å²) >= 11 is 1.34. The van der Waals surface area contributed by atoms with Gasteiger partial charge in [0.25, 0.3) is 0 Å². The molecule has 2 atom stereocenters. The Hall–Kier alpha value is -1.70. The van der Waals surface area contributed by atoms with E-state index in [0.29, 0.717) is 25.1 Å². The molecule has 0 radical (unpaired) electrons. The third-order valence-corrected chi connectivity index (χ3v) is 4.29. The van der Waals surface area contributed by atoms with Crippen molar-refractivity contribution in [1.29, 1.82) is 0 Å². The fourth-order valence-electron chi connectivity index (χ4n) is 2.01. The molecule has 0 aliphatic heterocycles. The van der Waals surface area contributed by atoms with E-state index in [0.717, 1.165) is 10.5 Å². The molecule has 23 heavy (non-hydrogen) atoms. The molecule has 0 aliphatic carbocycles. The number of benzene rings is 1. The van der Waals surface area contributed by atoms with Gasteiger partial charge in [0, 0.05) is 17.4 Å². The summed E-state index contributed by atoms with van der Waals surface area (Å²) in [4.78, 5) is 22.7. The van der Waals surface area contributed by atoms with Crippen LogP contribution in [-0.2, 0) is 4.79 Å². The van der Waals surface area contributed by atoms with E-state index in [1.165, 1.54) is 11.9 Å². The van der Waals surface area contributed by atoms with Gasteiger partial charge in [-0.15, -0.1) is 4.91 Å². The summed E-state index contributed by atoms with van der Waals surface area (Å²) in [5.41, 5.74) is 6.85. The maximum Gasteiger partial charge on any atom is 0.220 e. The van der Waals surface area contributed by atoms with Gasteiger partial charge in [-0.05, 0) is 68.1 Å². The average Bonchev–Trinajstić information content (AvgIpc) is 2.54. The SMILES string of the molecule is C/C=C(\C)C[C@H](CC(O)CNSc1ccc(N=O)cc1)C(N)=O. The normalized spacial score (nSPS) is 14.3. The average molecular weight is 337 g/mol. The fraction of sp³-hybridized carbons (Fsp3) is 0.438. The lowest BCUT2D eigenvalue weighted by molar-refractivity contribution is -0.122. The van der Waals surface area contributed by atoms with E-state index >= 15 is 0 Å². The lowest BCUT2D eigenvalue weighted by Crippen LogP contribution is -2.31. The molecule has 0 aromatic heterocycles. The number of hydrogen-bond acceptors (Lipinski definition) is 6. The number of amides is 1. The van der Waals surface area contributed by atoms with Crippen molar-refractivity contribution < 1.29 is 9.90 Å². The molecule has 0 saturated carbocycles. The zero-order valence-electron chi connectivity index (χ0n) is 13.4. The van der Waals surface area contributed by atoms with Crippen LogP contribution in [0.1, 0.15) is 26.7 Å². The lowest BCUT2D eigenvalue weighted by atomic mass is 9.93. The number of aliphatic hydroxyl groups excluding tert-OH is 1. The van der Waals surface area contributed by atoms with Crippen LogP contribution in [0.25, 0.3) is 0 Å². The Kier molecular flexibility index (Phi) is 8.53. The molecule has 1 amide bonds. The molecule has 0 bridgehead atoms. The van der Waals surface area contributed by atoms with Crippen LogP contribution in [0, 0.1) is 10.8 Å². The van der Waals surface area contributed by atoms with Gasteiger partial charge in [-0.3, -0.25) is 9.52 Å². The standard InChI is InChI=1S/C16H23N3O3S/c1-3-11(2)8-12(16(17)21)9-14(20)10-18-23-15-6-4-13(19-22)5-7-15/h3-7,12,14,18,20H,8-10H2,1-2H3,(H2,17,21)/b11-3+/t12-,14?/m1/s1. The van der Waals surface area contributed by atoms with Gasteiger partial charge in [0.1, 0.15) is 5.69 Å². The molecule has 0 heterocycles. The van der Waals surface area contributed by atoms with Gasteiger partial charge >= 0.3 is 0 Å². The number of nitrogens with zero attached hydrogens (tertiary/aromatic N) is 1. The summed E-state index contributed by atoms with van der Waals surface area (Å²) in [6.07, 6.45) is 2.16. The smallest absolute Gasteiger partial charge is 0.220 e. The number of allylic oxidation sites excluding steroid dienone is 2. The zero-order chi connectivity index (χ0) is 17.2. The number of primary amides is 1. The minimum atomic E-state index is -0.666. The fourth-order valence-corrected chi connectivity index (χ4v) is 2.73. The molecule has 0 spiro atoms. The van der Waals surface area contributed by atoms with Gasteiger partial charge in [0.2, 0.25) is 5.91 Å². The Bertz CT molecular complexity index is 546. The van der Waals surface area contributed by atoms with Crippen LogP contribution < -0.4 is 10.5 Å². The molecule has 1 aromatic rings. The van der Waals surface area contributed by atoms with Crippen LogP contribution in [0.3, 0.4) is 0 Å². The highest BCUT2D eigenvalue weighted by Crippen LogP contribution is 2.20. The molecule has 0 aliphatic rings. The number of carbonyl (C=O) groups excluding carboxylic acids is 1. The Balaban J connectivity index is 2.40. The molecule has 126 valence electrons. The molecule has 1 aromatic carbocycles. The van der Waals surface area contributed by atoms with Crippen LogP contribution in [0.5, 0.6) is 0 Å². The van der Waals surface area contributed by atoms with Crippen molar-refractivity contribution in [2.24, 2.45) is 16.8 Å². The van der Waals surface area contributed by atoms with E-state index in [1.807, 2.05) is 19.9 Å². The summed E-state index contributed by atoms with van der Waals surface area (Å²) in [6, 6.07) is 6.78. The van der Waals surface area contributed by atoms with Crippen LogP contribution in [0.15, 0.2) is 46.0 Å². The van der Waals surface area contributed by atoms with Gasteiger partial charge in [-0.2, -0.15) is 0 Å². The summed E-state index contributed by atoms with van der Waals surface area (Å²) in [5, 5.41) is 12.9. The third kappa shape index (κ3) is 7.40. The predicted octanol–water partition coefficient (Wildman–Crippen LogP) is 2.89. The quantitative estimate of drug-likeness (QED) is 0.346. The topological polar surface area (TPSA) is 105 Å². The molecule has 6 nitrogen and oxygen atoms in total. The monoisotopic (exact) mass is 337 g/mol. The van der Waals surface area contributed by atoms with Crippen LogP contribution in [0.2, 0.25) is 0 Å². The molecule has 0 fully saturated rings. The Labute approximate surface area is 140 Å². The predicted molar refractivity (Wildman–Crippen MR) is 93.1 cm³/mol. The molecule has 1 rings (SSSR count). The molecule has 7 heteroatoms. The molecular formula is C16H23N3O3S. The van der Waals surface area contributed by atoms with E-state index in [9.17, 15) is 14.8 Å². The van der Waals surface area contributed by atoms with Crippen LogP contribution in [-0.4, -0.2) is 23.7 Å². The lowest BCUT2D eigenvalue weighted by Gasteiger charge is -2.18. The second kappa shape index (κ2) is 10.1. The van der Waals surface area contributed by atoms with Gasteiger partial charge in [0.15, 0.2) is 0 Å². The van der Waals surface area contributed by atoms with Gasteiger partial charge in [-0.25, -0.2) is 0 Å². The molecular weight excluding hydrogens is 314 g/mol. The molecule has 4 N–H and O–H groups in total. The van der Waals surface area contributed by atoms with E-state index in [1.54, 1.807) is 24.3 Å². The summed E-state index contributed by atoms with van der Waals surface area (Å²) in [5.74, 6) is -0.763. The first kappa shape index (κ1) is 19.3. The van der Waals surface area contributed by atoms with E-state index in [2.05, 4.69) is 9.90 Å². The van der Waals surface area contributed by atoms with E-state index < -0.39 is 12.0 Å². The Morgan fingerprint density at radius 1 is 1.43 bits per heavy atom. The van der Waals surface area contributed by atoms with E-state index in [4.69, 9.17) is 5.73 Å². The number of carbonyl (C=O) groups is 1. The second-order valence-corrected chi connectivity index (χ2v) is 6.33. The zero-order valence-corrected chi connectivity index (χ0v) is 14.2. The second-order valence-electron chi connectivity index (χ2n) is 5.36. The highest BCUT2D eigenvalue weighted by Gasteiger charge is 2.20. The van der Waals surface area contributed by atoms with Crippen molar-refractivity contribution in [3.05, 3.63) is 40.8 Å². The first-order valence-corrected chi connectivity index (χ1v) is 8.20. The van der Waals surface area contributed by atoms with Gasteiger partial charge in [0.05, 0.1) is 6.10 Å². The number of hydrogen-bond donors (Lipinski definition) is 3. The third-order valence-electron chi connectivity index (χ3n) is 3.47. The summed E-state index contributed by atoms with van der Waals surface area (Å²) in [7, 11) is 0.